The molecule has 0 saturated heterocycles. The van der Waals surface area contributed by atoms with Crippen molar-refractivity contribution in [2.24, 2.45) is 0 Å². The molecule has 0 aliphatic heterocycles. The van der Waals surface area contributed by atoms with E-state index in [4.69, 9.17) is 11.6 Å². The zero-order chi connectivity index (χ0) is 14.4. The number of amides is 1. The normalized spacial score (nSPS) is 10.3. The molecule has 0 spiro atoms. The first-order valence-corrected chi connectivity index (χ1v) is 7.31. The summed E-state index contributed by atoms with van der Waals surface area (Å²) in [4.78, 5) is 12.1. The van der Waals surface area contributed by atoms with Crippen LogP contribution in [-0.4, -0.2) is 5.91 Å². The summed E-state index contributed by atoms with van der Waals surface area (Å²) in [6.07, 6.45) is 2.18. The predicted octanol–water partition coefficient (Wildman–Crippen LogP) is 4.63. The smallest absolute Gasteiger partial charge is 0.255 e. The lowest BCUT2D eigenvalue weighted by Crippen LogP contribution is -2.12. The maximum atomic E-state index is 12.1. The van der Waals surface area contributed by atoms with Gasteiger partial charge in [-0.3, -0.25) is 4.79 Å². The van der Waals surface area contributed by atoms with Crippen molar-refractivity contribution in [1.82, 2.24) is 0 Å². The lowest BCUT2D eigenvalue weighted by atomic mass is 10.1. The predicted molar refractivity (Wildman–Crippen MR) is 84.4 cm³/mol. The molecule has 104 valence electrons. The van der Waals surface area contributed by atoms with Crippen LogP contribution in [0, 0.1) is 0 Å². The van der Waals surface area contributed by atoms with E-state index in [0.717, 1.165) is 24.1 Å². The van der Waals surface area contributed by atoms with Crippen LogP contribution in [0.1, 0.15) is 34.8 Å². The zero-order valence-electron chi connectivity index (χ0n) is 11.5. The summed E-state index contributed by atoms with van der Waals surface area (Å²) in [5.41, 5.74) is 3.67. The molecule has 0 radical (unpaired) electrons. The Bertz CT molecular complexity index is 578. The Morgan fingerprint density at radius 2 is 1.85 bits per heavy atom. The maximum Gasteiger partial charge on any atom is 0.255 e. The quantitative estimate of drug-likeness (QED) is 0.798. The van der Waals surface area contributed by atoms with Crippen LogP contribution in [0.3, 0.4) is 0 Å². The molecule has 3 heteroatoms. The Morgan fingerprint density at radius 3 is 2.50 bits per heavy atom. The summed E-state index contributed by atoms with van der Waals surface area (Å²) in [5.74, 6) is 0.299. The standard InChI is InChI=1S/C17H18ClNO/c1-2-4-13-7-9-16(10-8-13)19-17(20)15-6-3-5-14(11-15)12-18/h3,5-11H,2,4,12H2,1H3,(H,19,20). The van der Waals surface area contributed by atoms with Crippen molar-refractivity contribution in [2.45, 2.75) is 25.6 Å². The fourth-order valence-electron chi connectivity index (χ4n) is 2.04. The average Bonchev–Trinajstić information content (AvgIpc) is 2.49. The van der Waals surface area contributed by atoms with Crippen LogP contribution in [-0.2, 0) is 12.3 Å². The van der Waals surface area contributed by atoms with E-state index in [1.165, 1.54) is 5.56 Å². The van der Waals surface area contributed by atoms with Crippen LogP contribution in [0.2, 0.25) is 0 Å². The molecule has 0 bridgehead atoms. The lowest BCUT2D eigenvalue weighted by molar-refractivity contribution is 0.102. The minimum Gasteiger partial charge on any atom is -0.322 e. The fraction of sp³-hybridized carbons (Fsp3) is 0.235. The number of anilines is 1. The molecule has 2 aromatic rings. The van der Waals surface area contributed by atoms with Crippen LogP contribution in [0.4, 0.5) is 5.69 Å². The molecule has 0 aliphatic rings. The van der Waals surface area contributed by atoms with Gasteiger partial charge in [-0.25, -0.2) is 0 Å². The SMILES string of the molecule is CCCc1ccc(NC(=O)c2cccc(CCl)c2)cc1. The van der Waals surface area contributed by atoms with Crippen LogP contribution >= 0.6 is 11.6 Å². The highest BCUT2D eigenvalue weighted by atomic mass is 35.5. The van der Waals surface area contributed by atoms with Crippen molar-refractivity contribution in [3.05, 3.63) is 65.2 Å². The van der Waals surface area contributed by atoms with Crippen molar-refractivity contribution < 1.29 is 4.79 Å². The Kier molecular flexibility index (Phi) is 5.19. The zero-order valence-corrected chi connectivity index (χ0v) is 12.3. The first-order valence-electron chi connectivity index (χ1n) is 6.78. The minimum absolute atomic E-state index is 0.111. The third kappa shape index (κ3) is 3.84. The number of hydrogen-bond acceptors (Lipinski definition) is 1. The lowest BCUT2D eigenvalue weighted by Gasteiger charge is -2.07. The molecule has 2 aromatic carbocycles. The number of hydrogen-bond donors (Lipinski definition) is 1. The van der Waals surface area contributed by atoms with Gasteiger partial charge in [0.25, 0.3) is 5.91 Å². The molecule has 0 aromatic heterocycles. The molecule has 0 fully saturated rings. The number of alkyl halides is 1. The number of carbonyl (C=O) groups excluding carboxylic acids is 1. The van der Waals surface area contributed by atoms with E-state index in [1.807, 2.05) is 42.5 Å². The minimum atomic E-state index is -0.111. The van der Waals surface area contributed by atoms with E-state index in [1.54, 1.807) is 6.07 Å². The highest BCUT2D eigenvalue weighted by molar-refractivity contribution is 6.17. The van der Waals surface area contributed by atoms with Gasteiger partial charge in [0.2, 0.25) is 0 Å². The summed E-state index contributed by atoms with van der Waals surface area (Å²) in [6, 6.07) is 15.3. The van der Waals surface area contributed by atoms with E-state index < -0.39 is 0 Å². The molecule has 0 heterocycles. The summed E-state index contributed by atoms with van der Waals surface area (Å²) < 4.78 is 0. The van der Waals surface area contributed by atoms with Crippen molar-refractivity contribution in [3.8, 4) is 0 Å². The number of aryl methyl sites for hydroxylation is 1. The molecule has 0 atom stereocenters. The summed E-state index contributed by atoms with van der Waals surface area (Å²) in [5, 5.41) is 2.90. The molecule has 0 aliphatic carbocycles. The van der Waals surface area contributed by atoms with Gasteiger partial charge < -0.3 is 5.32 Å². The van der Waals surface area contributed by atoms with E-state index >= 15 is 0 Å². The molecule has 0 unspecified atom stereocenters. The number of rotatable bonds is 5. The molecule has 0 saturated carbocycles. The van der Waals surface area contributed by atoms with Crippen LogP contribution in [0.15, 0.2) is 48.5 Å². The average molecular weight is 288 g/mol. The van der Waals surface area contributed by atoms with E-state index in [2.05, 4.69) is 12.2 Å². The second kappa shape index (κ2) is 7.11. The number of halogens is 1. The Morgan fingerprint density at radius 1 is 1.10 bits per heavy atom. The summed E-state index contributed by atoms with van der Waals surface area (Å²) in [6.45, 7) is 2.15. The van der Waals surface area contributed by atoms with E-state index in [9.17, 15) is 4.79 Å². The van der Waals surface area contributed by atoms with Gasteiger partial charge in [0.1, 0.15) is 0 Å². The van der Waals surface area contributed by atoms with Crippen molar-refractivity contribution in [2.75, 3.05) is 5.32 Å². The van der Waals surface area contributed by atoms with Gasteiger partial charge >= 0.3 is 0 Å². The number of benzene rings is 2. The Balaban J connectivity index is 2.06. The molecule has 2 nitrogen and oxygen atoms in total. The second-order valence-electron chi connectivity index (χ2n) is 4.74. The number of carbonyl (C=O) groups is 1. The van der Waals surface area contributed by atoms with Crippen LogP contribution in [0.5, 0.6) is 0 Å². The molecule has 1 amide bonds. The first-order chi connectivity index (χ1) is 9.72. The van der Waals surface area contributed by atoms with Crippen molar-refractivity contribution in [1.29, 1.82) is 0 Å². The van der Waals surface area contributed by atoms with E-state index in [0.29, 0.717) is 11.4 Å². The molecule has 20 heavy (non-hydrogen) atoms. The summed E-state index contributed by atoms with van der Waals surface area (Å²) >= 11 is 5.78. The summed E-state index contributed by atoms with van der Waals surface area (Å²) in [7, 11) is 0. The highest BCUT2D eigenvalue weighted by Gasteiger charge is 2.06. The van der Waals surface area contributed by atoms with Crippen molar-refractivity contribution in [3.63, 3.8) is 0 Å². The van der Waals surface area contributed by atoms with Crippen LogP contribution < -0.4 is 5.32 Å². The van der Waals surface area contributed by atoms with Gasteiger partial charge in [-0.2, -0.15) is 0 Å². The molecule has 1 N–H and O–H groups in total. The van der Waals surface area contributed by atoms with Gasteiger partial charge in [-0.1, -0.05) is 37.6 Å². The molecular weight excluding hydrogens is 270 g/mol. The van der Waals surface area contributed by atoms with Gasteiger partial charge in [-0.15, -0.1) is 11.6 Å². The van der Waals surface area contributed by atoms with Gasteiger partial charge in [-0.05, 0) is 41.8 Å². The molecule has 2 rings (SSSR count). The third-order valence-electron chi connectivity index (χ3n) is 3.09. The van der Waals surface area contributed by atoms with Gasteiger partial charge in [0.15, 0.2) is 0 Å². The van der Waals surface area contributed by atoms with Gasteiger partial charge in [0, 0.05) is 17.1 Å². The first kappa shape index (κ1) is 14.6. The Labute approximate surface area is 124 Å². The largest absolute Gasteiger partial charge is 0.322 e. The van der Waals surface area contributed by atoms with Crippen molar-refractivity contribution >= 4 is 23.2 Å². The van der Waals surface area contributed by atoms with Crippen LogP contribution in [0.25, 0.3) is 0 Å². The Hall–Kier alpha value is -1.80. The second-order valence-corrected chi connectivity index (χ2v) is 5.00. The third-order valence-corrected chi connectivity index (χ3v) is 3.40. The fourth-order valence-corrected chi connectivity index (χ4v) is 2.21. The maximum absolute atomic E-state index is 12.1. The topological polar surface area (TPSA) is 29.1 Å². The number of nitrogens with one attached hydrogen (secondary N) is 1. The molecular formula is C17H18ClNO. The van der Waals surface area contributed by atoms with E-state index in [-0.39, 0.29) is 5.91 Å². The van der Waals surface area contributed by atoms with Gasteiger partial charge in [0.05, 0.1) is 0 Å². The monoisotopic (exact) mass is 287 g/mol. The highest BCUT2D eigenvalue weighted by Crippen LogP contribution is 2.14.